The van der Waals surface area contributed by atoms with Gasteiger partial charge in [-0.05, 0) is 54.0 Å². The van der Waals surface area contributed by atoms with E-state index in [0.29, 0.717) is 0 Å². The van der Waals surface area contributed by atoms with Crippen molar-refractivity contribution in [1.82, 2.24) is 14.9 Å². The molecule has 0 saturated carbocycles. The third-order valence-corrected chi connectivity index (χ3v) is 3.77. The highest BCUT2D eigenvalue weighted by atomic mass is 79.9. The molecule has 4 heteroatoms. The first kappa shape index (κ1) is 11.2. The second kappa shape index (κ2) is 4.78. The summed E-state index contributed by atoms with van der Waals surface area (Å²) in [5.74, 6) is 0. The molecule has 1 fully saturated rings. The Hall–Kier alpha value is -0.870. The van der Waals surface area contributed by atoms with Gasteiger partial charge in [0.25, 0.3) is 0 Å². The number of H-pyrrole nitrogens is 1. The largest absolute Gasteiger partial charge is 0.342 e. The van der Waals surface area contributed by atoms with Crippen molar-refractivity contribution in [1.29, 1.82) is 0 Å². The summed E-state index contributed by atoms with van der Waals surface area (Å²) >= 11 is 3.45. The van der Waals surface area contributed by atoms with Crippen LogP contribution in [-0.2, 0) is 6.54 Å². The van der Waals surface area contributed by atoms with Crippen LogP contribution in [0, 0.1) is 0 Å². The fraction of sp³-hybridized carbons (Fsp3) is 0.462. The molecule has 90 valence electrons. The van der Waals surface area contributed by atoms with Gasteiger partial charge in [-0.25, -0.2) is 4.98 Å². The number of rotatable bonds is 2. The summed E-state index contributed by atoms with van der Waals surface area (Å²) in [5, 5.41) is 1.19. The fourth-order valence-electron chi connectivity index (χ4n) is 2.49. The quantitative estimate of drug-likeness (QED) is 0.921. The van der Waals surface area contributed by atoms with Crippen molar-refractivity contribution in [2.24, 2.45) is 0 Å². The minimum atomic E-state index is 0.986. The van der Waals surface area contributed by atoms with Crippen molar-refractivity contribution in [3.63, 3.8) is 0 Å². The number of nitrogens with one attached hydrogen (secondary N) is 1. The zero-order valence-electron chi connectivity index (χ0n) is 9.75. The normalized spacial score (nSPS) is 17.7. The van der Waals surface area contributed by atoms with Crippen LogP contribution in [0.4, 0.5) is 0 Å². The highest BCUT2D eigenvalue weighted by Crippen LogP contribution is 2.20. The number of fused-ring (bicyclic) bond motifs is 1. The second-order valence-corrected chi connectivity index (χ2v) is 5.64. The van der Waals surface area contributed by atoms with E-state index in [4.69, 9.17) is 0 Å². The van der Waals surface area contributed by atoms with E-state index in [9.17, 15) is 0 Å². The molecule has 0 atom stereocenters. The Labute approximate surface area is 109 Å². The van der Waals surface area contributed by atoms with E-state index in [-0.39, 0.29) is 0 Å². The van der Waals surface area contributed by atoms with Gasteiger partial charge in [0.2, 0.25) is 0 Å². The molecular formula is C13H16BrN3. The molecule has 0 bridgehead atoms. The number of hydrogen-bond acceptors (Lipinski definition) is 2. The Kier molecular flexibility index (Phi) is 3.16. The average Bonchev–Trinajstić information content (AvgIpc) is 2.71. The number of nitrogens with zero attached hydrogens (tertiary/aromatic N) is 2. The van der Waals surface area contributed by atoms with Gasteiger partial charge in [0.1, 0.15) is 5.65 Å². The molecule has 3 heterocycles. The summed E-state index contributed by atoms with van der Waals surface area (Å²) < 4.78 is 1.04. The van der Waals surface area contributed by atoms with E-state index >= 15 is 0 Å². The molecule has 3 nitrogen and oxygen atoms in total. The van der Waals surface area contributed by atoms with E-state index < -0.39 is 0 Å². The summed E-state index contributed by atoms with van der Waals surface area (Å²) in [6.07, 6.45) is 5.90. The molecule has 0 unspecified atom stereocenters. The summed E-state index contributed by atoms with van der Waals surface area (Å²) in [6, 6.07) is 4.32. The van der Waals surface area contributed by atoms with Gasteiger partial charge in [-0.2, -0.15) is 0 Å². The van der Waals surface area contributed by atoms with E-state index in [1.54, 1.807) is 0 Å². The van der Waals surface area contributed by atoms with Gasteiger partial charge in [-0.15, -0.1) is 0 Å². The third-order valence-electron chi connectivity index (χ3n) is 3.34. The molecule has 0 amide bonds. The molecule has 0 aromatic carbocycles. The van der Waals surface area contributed by atoms with Crippen LogP contribution in [0.1, 0.15) is 25.0 Å². The van der Waals surface area contributed by atoms with Crippen molar-refractivity contribution < 1.29 is 0 Å². The molecule has 1 aliphatic rings. The van der Waals surface area contributed by atoms with Crippen LogP contribution in [-0.4, -0.2) is 28.0 Å². The van der Waals surface area contributed by atoms with Crippen LogP contribution < -0.4 is 0 Å². The predicted octanol–water partition coefficient (Wildman–Crippen LogP) is 3.31. The number of pyridine rings is 1. The number of aromatic nitrogens is 2. The molecule has 2 aromatic heterocycles. The summed E-state index contributed by atoms with van der Waals surface area (Å²) in [7, 11) is 0. The van der Waals surface area contributed by atoms with Crippen LogP contribution in [0.3, 0.4) is 0 Å². The first-order chi connectivity index (χ1) is 8.31. The van der Waals surface area contributed by atoms with Crippen molar-refractivity contribution in [3.8, 4) is 0 Å². The Bertz CT molecular complexity index is 514. The highest BCUT2D eigenvalue weighted by molar-refractivity contribution is 9.10. The number of hydrogen-bond donors (Lipinski definition) is 1. The van der Waals surface area contributed by atoms with Gasteiger partial charge >= 0.3 is 0 Å². The van der Waals surface area contributed by atoms with E-state index in [1.807, 2.05) is 6.20 Å². The minimum Gasteiger partial charge on any atom is -0.342 e. The van der Waals surface area contributed by atoms with Gasteiger partial charge in [0.05, 0.1) is 0 Å². The predicted molar refractivity (Wildman–Crippen MR) is 72.9 cm³/mol. The minimum absolute atomic E-state index is 0.986. The summed E-state index contributed by atoms with van der Waals surface area (Å²) in [4.78, 5) is 10.3. The Morgan fingerprint density at radius 1 is 1.24 bits per heavy atom. The summed E-state index contributed by atoms with van der Waals surface area (Å²) in [5.41, 5.74) is 2.26. The lowest BCUT2D eigenvalue weighted by Crippen LogP contribution is -2.29. The second-order valence-electron chi connectivity index (χ2n) is 4.72. The molecule has 1 N–H and O–H groups in total. The number of likely N-dealkylation sites (tertiary alicyclic amines) is 1. The molecule has 3 rings (SSSR count). The maximum atomic E-state index is 4.37. The monoisotopic (exact) mass is 293 g/mol. The molecule has 0 aliphatic carbocycles. The average molecular weight is 294 g/mol. The standard InChI is InChI=1S/C13H16BrN3/c14-11-6-10-7-12(16-13(10)15-8-11)9-17-4-2-1-3-5-17/h6-8H,1-5,9H2,(H,15,16). The molecule has 0 radical (unpaired) electrons. The number of halogens is 1. The lowest BCUT2D eigenvalue weighted by molar-refractivity contribution is 0.219. The van der Waals surface area contributed by atoms with Crippen molar-refractivity contribution in [3.05, 3.63) is 28.5 Å². The lowest BCUT2D eigenvalue weighted by Gasteiger charge is -2.25. The molecule has 17 heavy (non-hydrogen) atoms. The van der Waals surface area contributed by atoms with Crippen molar-refractivity contribution in [2.45, 2.75) is 25.8 Å². The third kappa shape index (κ3) is 2.53. The fourth-order valence-corrected chi connectivity index (χ4v) is 2.84. The molecule has 2 aromatic rings. The Morgan fingerprint density at radius 3 is 2.88 bits per heavy atom. The first-order valence-corrected chi connectivity index (χ1v) is 6.96. The van der Waals surface area contributed by atoms with Crippen LogP contribution in [0.25, 0.3) is 11.0 Å². The van der Waals surface area contributed by atoms with Gasteiger partial charge < -0.3 is 4.98 Å². The van der Waals surface area contributed by atoms with Crippen molar-refractivity contribution >= 4 is 27.0 Å². The van der Waals surface area contributed by atoms with Crippen LogP contribution in [0.15, 0.2) is 22.8 Å². The topological polar surface area (TPSA) is 31.9 Å². The van der Waals surface area contributed by atoms with Crippen molar-refractivity contribution in [2.75, 3.05) is 13.1 Å². The zero-order chi connectivity index (χ0) is 11.7. The molecule has 1 aliphatic heterocycles. The van der Waals surface area contributed by atoms with Crippen LogP contribution in [0.5, 0.6) is 0 Å². The van der Waals surface area contributed by atoms with E-state index in [2.05, 4.69) is 42.9 Å². The lowest BCUT2D eigenvalue weighted by atomic mass is 10.1. The Morgan fingerprint density at radius 2 is 2.06 bits per heavy atom. The maximum Gasteiger partial charge on any atom is 0.137 e. The summed E-state index contributed by atoms with van der Waals surface area (Å²) in [6.45, 7) is 3.48. The SMILES string of the molecule is Brc1cnc2[nH]c(CN3CCCCC3)cc2c1. The Balaban J connectivity index is 1.80. The number of piperidine rings is 1. The van der Waals surface area contributed by atoms with Crippen LogP contribution >= 0.6 is 15.9 Å². The van der Waals surface area contributed by atoms with Gasteiger partial charge in [0.15, 0.2) is 0 Å². The van der Waals surface area contributed by atoms with Gasteiger partial charge in [0, 0.05) is 28.3 Å². The first-order valence-electron chi connectivity index (χ1n) is 6.17. The van der Waals surface area contributed by atoms with E-state index in [1.165, 1.54) is 43.4 Å². The van der Waals surface area contributed by atoms with E-state index in [0.717, 1.165) is 16.7 Å². The highest BCUT2D eigenvalue weighted by Gasteiger charge is 2.11. The van der Waals surface area contributed by atoms with Gasteiger partial charge in [-0.1, -0.05) is 6.42 Å². The number of aromatic amines is 1. The smallest absolute Gasteiger partial charge is 0.137 e. The molecular weight excluding hydrogens is 278 g/mol. The maximum absolute atomic E-state index is 4.37. The van der Waals surface area contributed by atoms with Crippen LogP contribution in [0.2, 0.25) is 0 Å². The molecule has 1 saturated heterocycles. The van der Waals surface area contributed by atoms with Gasteiger partial charge in [-0.3, -0.25) is 4.90 Å². The zero-order valence-corrected chi connectivity index (χ0v) is 11.3. The molecule has 0 spiro atoms.